The van der Waals surface area contributed by atoms with E-state index in [0.29, 0.717) is 0 Å². The van der Waals surface area contributed by atoms with Gasteiger partial charge >= 0.3 is 5.97 Å². The predicted molar refractivity (Wildman–Crippen MR) is 25.5 cm³/mol. The summed E-state index contributed by atoms with van der Waals surface area (Å²) in [6, 6.07) is 0. The average Bonchev–Trinajstić information content (AvgIpc) is 1.67. The monoisotopic (exact) mass is 120 g/mol. The maximum atomic E-state index is 9.76. The van der Waals surface area contributed by atoms with Crippen molar-refractivity contribution in [3.63, 3.8) is 0 Å². The summed E-state index contributed by atoms with van der Waals surface area (Å²) < 4.78 is 4.33. The van der Waals surface area contributed by atoms with Crippen molar-refractivity contribution < 1.29 is 19.7 Å². The summed E-state index contributed by atoms with van der Waals surface area (Å²) in [5.41, 5.74) is 0. The fourth-order valence-corrected chi connectivity index (χ4v) is 0.229. The van der Waals surface area contributed by atoms with Crippen LogP contribution in [0, 0.1) is 0 Å². The second-order valence-electron chi connectivity index (χ2n) is 1.31. The van der Waals surface area contributed by atoms with Crippen molar-refractivity contribution in [2.24, 2.45) is 0 Å². The molecule has 0 spiro atoms. The van der Waals surface area contributed by atoms with Crippen molar-refractivity contribution in [2.75, 3.05) is 13.7 Å². The zero-order chi connectivity index (χ0) is 6.57. The van der Waals surface area contributed by atoms with Gasteiger partial charge in [-0.3, -0.25) is 0 Å². The molecule has 0 rings (SSSR count). The molecule has 0 unspecified atom stereocenters. The molecule has 4 heteroatoms. The van der Waals surface area contributed by atoms with Crippen molar-refractivity contribution in [1.82, 2.24) is 0 Å². The molecule has 0 aliphatic carbocycles. The van der Waals surface area contributed by atoms with E-state index in [-0.39, 0.29) is 6.61 Å². The molecule has 0 heterocycles. The van der Waals surface area contributed by atoms with Gasteiger partial charge in [0.05, 0.1) is 6.61 Å². The molecule has 1 atom stereocenters. The van der Waals surface area contributed by atoms with Gasteiger partial charge in [0.1, 0.15) is 0 Å². The molecule has 0 radical (unpaired) electrons. The van der Waals surface area contributed by atoms with Gasteiger partial charge in [0.25, 0.3) is 0 Å². The number of aliphatic carboxylic acids is 1. The molecule has 0 amide bonds. The van der Waals surface area contributed by atoms with Crippen molar-refractivity contribution in [3.8, 4) is 0 Å². The van der Waals surface area contributed by atoms with Gasteiger partial charge in [-0.25, -0.2) is 4.79 Å². The number of methoxy groups -OCH3 is 1. The first-order valence-corrected chi connectivity index (χ1v) is 2.08. The molecule has 8 heavy (non-hydrogen) atoms. The Morgan fingerprint density at radius 2 is 2.38 bits per heavy atom. The van der Waals surface area contributed by atoms with Crippen LogP contribution in [-0.4, -0.2) is 36.0 Å². The smallest absolute Gasteiger partial charge is 0.334 e. The number of aliphatic hydroxyl groups excluding tert-OH is 1. The number of ether oxygens (including phenoxy) is 1. The Kier molecular flexibility index (Phi) is 3.14. The zero-order valence-electron chi connectivity index (χ0n) is 4.50. The highest BCUT2D eigenvalue weighted by Crippen LogP contribution is 1.80. The highest BCUT2D eigenvalue weighted by molar-refractivity contribution is 5.71. The molecule has 0 saturated heterocycles. The number of carboxylic acid groups (broad SMARTS) is 1. The van der Waals surface area contributed by atoms with E-state index in [9.17, 15) is 4.79 Å². The molecule has 4 nitrogen and oxygen atoms in total. The molecule has 2 N–H and O–H groups in total. The van der Waals surface area contributed by atoms with Crippen LogP contribution in [0.4, 0.5) is 0 Å². The summed E-state index contributed by atoms with van der Waals surface area (Å²) in [4.78, 5) is 9.76. The number of rotatable bonds is 3. The molecule has 0 aromatic carbocycles. The molecule has 0 fully saturated rings. The third-order valence-corrected chi connectivity index (χ3v) is 0.610. The van der Waals surface area contributed by atoms with Crippen LogP contribution >= 0.6 is 0 Å². The van der Waals surface area contributed by atoms with Crippen molar-refractivity contribution in [3.05, 3.63) is 0 Å². The Balaban J connectivity index is 3.32. The second kappa shape index (κ2) is 3.40. The Labute approximate surface area is 46.7 Å². The Morgan fingerprint density at radius 1 is 1.88 bits per heavy atom. The highest BCUT2D eigenvalue weighted by atomic mass is 16.5. The number of carboxylic acids is 1. The van der Waals surface area contributed by atoms with Gasteiger partial charge in [-0.15, -0.1) is 0 Å². The number of hydrogen-bond acceptors (Lipinski definition) is 3. The molecule has 0 aliphatic rings. The average molecular weight is 120 g/mol. The first-order valence-electron chi connectivity index (χ1n) is 2.08. The van der Waals surface area contributed by atoms with Gasteiger partial charge in [0.15, 0.2) is 6.10 Å². The van der Waals surface area contributed by atoms with Crippen LogP contribution < -0.4 is 0 Å². The van der Waals surface area contributed by atoms with Crippen LogP contribution in [0.2, 0.25) is 0 Å². The van der Waals surface area contributed by atoms with E-state index in [1.807, 2.05) is 0 Å². The lowest BCUT2D eigenvalue weighted by Gasteiger charge is -2.00. The highest BCUT2D eigenvalue weighted by Gasteiger charge is 2.10. The number of aliphatic hydroxyl groups is 1. The minimum absolute atomic E-state index is 0.157. The van der Waals surface area contributed by atoms with E-state index < -0.39 is 12.1 Å². The third-order valence-electron chi connectivity index (χ3n) is 0.610. The Hall–Kier alpha value is -0.610. The minimum atomic E-state index is -1.39. The lowest BCUT2D eigenvalue weighted by molar-refractivity contribution is -0.149. The van der Waals surface area contributed by atoms with Crippen LogP contribution in [0.5, 0.6) is 0 Å². The first kappa shape index (κ1) is 7.39. The van der Waals surface area contributed by atoms with E-state index in [1.165, 1.54) is 7.11 Å². The topological polar surface area (TPSA) is 66.8 Å². The lowest BCUT2D eigenvalue weighted by Crippen LogP contribution is -2.24. The van der Waals surface area contributed by atoms with E-state index in [1.54, 1.807) is 0 Å². The molecule has 0 aromatic rings. The summed E-state index contributed by atoms with van der Waals surface area (Å²) in [7, 11) is 1.33. The fraction of sp³-hybridized carbons (Fsp3) is 0.750. The van der Waals surface area contributed by atoms with Crippen LogP contribution in [0.15, 0.2) is 0 Å². The Morgan fingerprint density at radius 3 is 2.50 bits per heavy atom. The van der Waals surface area contributed by atoms with Crippen LogP contribution in [0.25, 0.3) is 0 Å². The van der Waals surface area contributed by atoms with E-state index >= 15 is 0 Å². The van der Waals surface area contributed by atoms with Gasteiger partial charge in [0, 0.05) is 7.11 Å². The molecule has 0 bridgehead atoms. The lowest BCUT2D eigenvalue weighted by atomic mass is 10.4. The Bertz CT molecular complexity index is 80.1. The van der Waals surface area contributed by atoms with Gasteiger partial charge in [-0.1, -0.05) is 0 Å². The molecule has 48 valence electrons. The number of carbonyl (C=O) groups is 1. The van der Waals surface area contributed by atoms with Crippen LogP contribution in [-0.2, 0) is 9.53 Å². The summed E-state index contributed by atoms with van der Waals surface area (Å²) in [5, 5.41) is 16.4. The molecular formula is C4H8O4. The fourth-order valence-electron chi connectivity index (χ4n) is 0.229. The summed E-state index contributed by atoms with van der Waals surface area (Å²) >= 11 is 0. The molecule has 0 aromatic heterocycles. The quantitative estimate of drug-likeness (QED) is 0.505. The summed E-state index contributed by atoms with van der Waals surface area (Å²) in [6.07, 6.45) is -1.39. The van der Waals surface area contributed by atoms with Crippen molar-refractivity contribution in [2.45, 2.75) is 6.10 Å². The standard InChI is InChI=1S/C4H8O4/c1-8-2-3(5)4(6)7/h3,5H,2H2,1H3,(H,6,7)/t3-/m1/s1. The predicted octanol–water partition coefficient (Wildman–Crippen LogP) is -0.922. The SMILES string of the molecule is COC[C@@H](O)C(=O)O. The summed E-state index contributed by atoms with van der Waals surface area (Å²) in [6.45, 7) is -0.157. The maximum absolute atomic E-state index is 9.76. The minimum Gasteiger partial charge on any atom is -0.479 e. The van der Waals surface area contributed by atoms with E-state index in [2.05, 4.69) is 4.74 Å². The van der Waals surface area contributed by atoms with Crippen LogP contribution in [0.3, 0.4) is 0 Å². The van der Waals surface area contributed by atoms with E-state index in [0.717, 1.165) is 0 Å². The van der Waals surface area contributed by atoms with Gasteiger partial charge in [0.2, 0.25) is 0 Å². The second-order valence-corrected chi connectivity index (χ2v) is 1.31. The maximum Gasteiger partial charge on any atom is 0.334 e. The molecule has 0 saturated carbocycles. The normalized spacial score (nSPS) is 13.2. The largest absolute Gasteiger partial charge is 0.479 e. The van der Waals surface area contributed by atoms with Gasteiger partial charge in [-0.05, 0) is 0 Å². The molecular weight excluding hydrogens is 112 g/mol. The van der Waals surface area contributed by atoms with Crippen molar-refractivity contribution in [1.29, 1.82) is 0 Å². The summed E-state index contributed by atoms with van der Waals surface area (Å²) in [5.74, 6) is -1.26. The third kappa shape index (κ3) is 2.54. The first-order chi connectivity index (χ1) is 3.68. The number of hydrogen-bond donors (Lipinski definition) is 2. The van der Waals surface area contributed by atoms with E-state index in [4.69, 9.17) is 10.2 Å². The van der Waals surface area contributed by atoms with Crippen LogP contribution in [0.1, 0.15) is 0 Å². The molecule has 0 aliphatic heterocycles. The van der Waals surface area contributed by atoms with Gasteiger partial charge in [-0.2, -0.15) is 0 Å². The zero-order valence-corrected chi connectivity index (χ0v) is 4.50. The van der Waals surface area contributed by atoms with Gasteiger partial charge < -0.3 is 14.9 Å². The van der Waals surface area contributed by atoms with Crippen molar-refractivity contribution >= 4 is 5.97 Å².